The fraction of sp³-hybridized carbons (Fsp3) is 0.231. The lowest BCUT2D eigenvalue weighted by Crippen LogP contribution is -2.31. The summed E-state index contributed by atoms with van der Waals surface area (Å²) in [5.41, 5.74) is -1.43. The highest BCUT2D eigenvalue weighted by Gasteiger charge is 2.45. The van der Waals surface area contributed by atoms with E-state index in [1.807, 2.05) is 0 Å². The van der Waals surface area contributed by atoms with Crippen LogP contribution in [0.1, 0.15) is 12.5 Å². The molecule has 0 N–H and O–H groups in total. The molecular weight excluding hydrogens is 239 g/mol. The van der Waals surface area contributed by atoms with E-state index >= 15 is 0 Å². The van der Waals surface area contributed by atoms with Gasteiger partial charge >= 0.3 is 5.97 Å². The molecule has 0 fully saturated rings. The first-order valence-electron chi connectivity index (χ1n) is 5.27. The fourth-order valence-electron chi connectivity index (χ4n) is 1.79. The van der Waals surface area contributed by atoms with Crippen molar-refractivity contribution in [1.29, 1.82) is 0 Å². The maximum absolute atomic E-state index is 13.7. The van der Waals surface area contributed by atoms with Crippen molar-refractivity contribution in [1.82, 2.24) is 0 Å². The molecule has 5 heteroatoms. The van der Waals surface area contributed by atoms with Gasteiger partial charge in [0.1, 0.15) is 5.82 Å². The number of esters is 1. The first kappa shape index (κ1) is 12.3. The number of hydrogen-bond acceptors (Lipinski definition) is 4. The van der Waals surface area contributed by atoms with Crippen molar-refractivity contribution in [2.75, 3.05) is 7.11 Å². The van der Waals surface area contributed by atoms with Crippen LogP contribution in [0.25, 0.3) is 0 Å². The lowest BCUT2D eigenvalue weighted by molar-refractivity contribution is -0.144. The van der Waals surface area contributed by atoms with E-state index in [-0.39, 0.29) is 11.3 Å². The Morgan fingerprint density at radius 3 is 2.67 bits per heavy atom. The number of carbonyl (C=O) groups is 2. The molecule has 18 heavy (non-hydrogen) atoms. The maximum atomic E-state index is 13.7. The minimum Gasteiger partial charge on any atom is -0.467 e. The molecule has 0 amide bonds. The summed E-state index contributed by atoms with van der Waals surface area (Å²) >= 11 is 0. The van der Waals surface area contributed by atoms with Crippen molar-refractivity contribution in [3.8, 4) is 0 Å². The summed E-state index contributed by atoms with van der Waals surface area (Å²) in [6.45, 7) is 1.42. The summed E-state index contributed by atoms with van der Waals surface area (Å²) in [5.74, 6) is -2.03. The molecule has 1 unspecified atom stereocenters. The van der Waals surface area contributed by atoms with Crippen molar-refractivity contribution < 1.29 is 23.5 Å². The van der Waals surface area contributed by atoms with Gasteiger partial charge < -0.3 is 9.47 Å². The van der Waals surface area contributed by atoms with Crippen LogP contribution in [0, 0.1) is 5.82 Å². The second-order valence-corrected chi connectivity index (χ2v) is 3.98. The Kier molecular flexibility index (Phi) is 2.90. The van der Waals surface area contributed by atoms with Crippen molar-refractivity contribution in [3.63, 3.8) is 0 Å². The first-order chi connectivity index (χ1) is 8.49. The van der Waals surface area contributed by atoms with Gasteiger partial charge in [-0.25, -0.2) is 9.18 Å². The third kappa shape index (κ3) is 1.77. The van der Waals surface area contributed by atoms with Gasteiger partial charge in [-0.15, -0.1) is 0 Å². The number of ketones is 1. The number of halogens is 1. The largest absolute Gasteiger partial charge is 0.467 e. The van der Waals surface area contributed by atoms with Gasteiger partial charge in [0.05, 0.1) is 7.11 Å². The van der Waals surface area contributed by atoms with Crippen LogP contribution in [-0.2, 0) is 24.7 Å². The van der Waals surface area contributed by atoms with Crippen molar-refractivity contribution >= 4 is 11.8 Å². The van der Waals surface area contributed by atoms with Crippen molar-refractivity contribution in [2.24, 2.45) is 0 Å². The molecule has 0 bridgehead atoms. The summed E-state index contributed by atoms with van der Waals surface area (Å²) in [6, 6.07) is 5.78. The summed E-state index contributed by atoms with van der Waals surface area (Å²) < 4.78 is 23.4. The number of carbonyl (C=O) groups excluding carboxylic acids is 2. The van der Waals surface area contributed by atoms with Gasteiger partial charge in [-0.2, -0.15) is 0 Å². The van der Waals surface area contributed by atoms with Crippen LogP contribution in [0.5, 0.6) is 0 Å². The summed E-state index contributed by atoms with van der Waals surface area (Å²) in [4.78, 5) is 23.2. The molecule has 0 saturated carbocycles. The van der Waals surface area contributed by atoms with E-state index in [0.29, 0.717) is 0 Å². The lowest BCUT2D eigenvalue weighted by Gasteiger charge is -2.24. The van der Waals surface area contributed by atoms with Gasteiger partial charge in [-0.05, 0) is 13.0 Å². The third-order valence-corrected chi connectivity index (χ3v) is 2.82. The lowest BCUT2D eigenvalue weighted by atomic mass is 9.92. The molecule has 4 nitrogen and oxygen atoms in total. The zero-order valence-electron chi connectivity index (χ0n) is 9.90. The minimum atomic E-state index is -1.52. The SMILES string of the molecule is COC(=O)C1=CC(=O)C(C)(c2ccccc2F)O1. The van der Waals surface area contributed by atoms with Gasteiger partial charge in [0, 0.05) is 11.6 Å². The molecule has 94 valence electrons. The van der Waals surface area contributed by atoms with Gasteiger partial charge in [-0.3, -0.25) is 4.79 Å². The summed E-state index contributed by atoms with van der Waals surface area (Å²) in [5, 5.41) is 0. The van der Waals surface area contributed by atoms with Crippen LogP contribution < -0.4 is 0 Å². The monoisotopic (exact) mass is 250 g/mol. The highest BCUT2D eigenvalue weighted by Crippen LogP contribution is 2.36. The molecule has 1 atom stereocenters. The Hall–Kier alpha value is -2.17. The van der Waals surface area contributed by atoms with Crippen molar-refractivity contribution in [2.45, 2.75) is 12.5 Å². The van der Waals surface area contributed by atoms with Crippen LogP contribution in [-0.4, -0.2) is 18.9 Å². The van der Waals surface area contributed by atoms with Crippen LogP contribution in [0.3, 0.4) is 0 Å². The van der Waals surface area contributed by atoms with E-state index in [2.05, 4.69) is 4.74 Å². The predicted octanol–water partition coefficient (Wildman–Crippen LogP) is 1.70. The summed E-state index contributed by atoms with van der Waals surface area (Å²) in [6.07, 6.45) is 1.03. The number of benzene rings is 1. The Bertz CT molecular complexity index is 550. The molecule has 1 heterocycles. The predicted molar refractivity (Wildman–Crippen MR) is 59.9 cm³/mol. The molecule has 0 radical (unpaired) electrons. The number of rotatable bonds is 2. The Morgan fingerprint density at radius 1 is 1.39 bits per heavy atom. The van der Waals surface area contributed by atoms with E-state index in [1.165, 1.54) is 32.2 Å². The van der Waals surface area contributed by atoms with Crippen molar-refractivity contribution in [3.05, 3.63) is 47.5 Å². The first-order valence-corrected chi connectivity index (χ1v) is 5.27. The Morgan fingerprint density at radius 2 is 2.06 bits per heavy atom. The third-order valence-electron chi connectivity index (χ3n) is 2.82. The molecule has 0 saturated heterocycles. The zero-order chi connectivity index (χ0) is 13.3. The van der Waals surface area contributed by atoms with Gasteiger partial charge in [-0.1, -0.05) is 18.2 Å². The average molecular weight is 250 g/mol. The van der Waals surface area contributed by atoms with Crippen LogP contribution >= 0.6 is 0 Å². The zero-order valence-corrected chi connectivity index (χ0v) is 9.90. The fourth-order valence-corrected chi connectivity index (χ4v) is 1.79. The topological polar surface area (TPSA) is 52.6 Å². The molecule has 0 aromatic heterocycles. The molecule has 1 aromatic rings. The highest BCUT2D eigenvalue weighted by atomic mass is 19.1. The molecule has 0 spiro atoms. The quantitative estimate of drug-likeness (QED) is 0.749. The van der Waals surface area contributed by atoms with Crippen LogP contribution in [0.2, 0.25) is 0 Å². The normalized spacial score (nSPS) is 22.4. The minimum absolute atomic E-state index is 0.0881. The molecule has 2 rings (SSSR count). The van der Waals surface area contributed by atoms with Gasteiger partial charge in [0.25, 0.3) is 0 Å². The molecular formula is C13H11FO4. The van der Waals surface area contributed by atoms with E-state index in [9.17, 15) is 14.0 Å². The van der Waals surface area contributed by atoms with E-state index < -0.39 is 23.2 Å². The van der Waals surface area contributed by atoms with Gasteiger partial charge in [0.2, 0.25) is 11.5 Å². The van der Waals surface area contributed by atoms with E-state index in [4.69, 9.17) is 4.74 Å². The average Bonchev–Trinajstić information content (AvgIpc) is 2.66. The van der Waals surface area contributed by atoms with Gasteiger partial charge in [0.15, 0.2) is 5.60 Å². The standard InChI is InChI=1S/C13H11FO4/c1-13(8-5-3-4-6-9(8)14)11(15)7-10(18-13)12(16)17-2/h3-7H,1-2H3. The Labute approximate surface area is 103 Å². The van der Waals surface area contributed by atoms with Crippen LogP contribution in [0.15, 0.2) is 36.1 Å². The summed E-state index contributed by atoms with van der Waals surface area (Å²) in [7, 11) is 1.18. The second kappa shape index (κ2) is 4.25. The van der Waals surface area contributed by atoms with E-state index in [0.717, 1.165) is 6.08 Å². The maximum Gasteiger partial charge on any atom is 0.373 e. The van der Waals surface area contributed by atoms with E-state index in [1.54, 1.807) is 6.07 Å². The smallest absolute Gasteiger partial charge is 0.373 e. The highest BCUT2D eigenvalue weighted by molar-refractivity contribution is 6.06. The number of ether oxygens (including phenoxy) is 2. The molecule has 1 aliphatic heterocycles. The Balaban J connectivity index is 2.39. The molecule has 0 aliphatic carbocycles. The number of hydrogen-bond donors (Lipinski definition) is 0. The van der Waals surface area contributed by atoms with Crippen LogP contribution in [0.4, 0.5) is 4.39 Å². The molecule has 1 aliphatic rings. The number of methoxy groups -OCH3 is 1. The molecule has 1 aromatic carbocycles. The second-order valence-electron chi connectivity index (χ2n) is 3.98.